The molecule has 12 heavy (non-hydrogen) atoms. The Labute approximate surface area is 76.3 Å². The van der Waals surface area contributed by atoms with Crippen molar-refractivity contribution in [3.8, 4) is 0 Å². The van der Waals surface area contributed by atoms with Gasteiger partial charge in [0.15, 0.2) is 0 Å². The fraction of sp³-hybridized carbons (Fsp3) is 0.444. The summed E-state index contributed by atoms with van der Waals surface area (Å²) in [6.07, 6.45) is 7.64. The summed E-state index contributed by atoms with van der Waals surface area (Å²) in [5, 5.41) is 0.935. The minimum absolute atomic E-state index is 0.251. The van der Waals surface area contributed by atoms with Crippen LogP contribution in [0, 0.1) is 0 Å². The normalized spacial score (nSPS) is 32.7. The Morgan fingerprint density at radius 3 is 3.25 bits per heavy atom. The van der Waals surface area contributed by atoms with Crippen LogP contribution in [-0.2, 0) is 4.79 Å². The molecular formula is C9H11NOS. The van der Waals surface area contributed by atoms with E-state index < -0.39 is 0 Å². The Morgan fingerprint density at radius 1 is 1.83 bits per heavy atom. The monoisotopic (exact) mass is 181 g/mol. The molecule has 0 aromatic carbocycles. The average Bonchev–Trinajstić information content (AvgIpc) is 2.03. The van der Waals surface area contributed by atoms with E-state index in [1.165, 1.54) is 0 Å². The smallest absolute Gasteiger partial charge is 0.230 e. The number of allylic oxidation sites excluding steroid dienone is 1. The SMILES string of the molecule is C=CC[C@@H]1C=CN2C(=O)C[C@H]2S1. The highest BCUT2D eigenvalue weighted by Gasteiger charge is 2.38. The molecule has 2 atom stereocenters. The predicted octanol–water partition coefficient (Wildman–Crippen LogP) is 1.75. The van der Waals surface area contributed by atoms with Gasteiger partial charge in [0, 0.05) is 11.4 Å². The topological polar surface area (TPSA) is 20.3 Å². The second-order valence-electron chi connectivity index (χ2n) is 3.00. The first-order valence-electron chi connectivity index (χ1n) is 4.07. The molecular weight excluding hydrogens is 170 g/mol. The second-order valence-corrected chi connectivity index (χ2v) is 4.42. The van der Waals surface area contributed by atoms with Gasteiger partial charge in [0.05, 0.1) is 11.8 Å². The van der Waals surface area contributed by atoms with Crippen LogP contribution in [0.5, 0.6) is 0 Å². The van der Waals surface area contributed by atoms with Gasteiger partial charge >= 0.3 is 0 Å². The quantitative estimate of drug-likeness (QED) is 0.478. The molecule has 2 aliphatic rings. The van der Waals surface area contributed by atoms with Crippen LogP contribution in [0.15, 0.2) is 24.9 Å². The first-order chi connectivity index (χ1) is 5.81. The molecule has 0 unspecified atom stereocenters. The van der Waals surface area contributed by atoms with Crippen molar-refractivity contribution in [1.82, 2.24) is 4.90 Å². The molecule has 1 saturated heterocycles. The summed E-state index contributed by atoms with van der Waals surface area (Å²) < 4.78 is 0. The van der Waals surface area contributed by atoms with Crippen molar-refractivity contribution in [2.45, 2.75) is 23.5 Å². The zero-order valence-electron chi connectivity index (χ0n) is 6.77. The van der Waals surface area contributed by atoms with Crippen molar-refractivity contribution in [2.24, 2.45) is 0 Å². The fourth-order valence-electron chi connectivity index (χ4n) is 1.43. The lowest BCUT2D eigenvalue weighted by molar-refractivity contribution is -0.137. The number of thioether (sulfide) groups is 1. The Morgan fingerprint density at radius 2 is 2.67 bits per heavy atom. The maximum absolute atomic E-state index is 11.0. The van der Waals surface area contributed by atoms with Crippen molar-refractivity contribution in [2.75, 3.05) is 0 Å². The number of hydrogen-bond acceptors (Lipinski definition) is 2. The lowest BCUT2D eigenvalue weighted by Gasteiger charge is -2.41. The minimum atomic E-state index is 0.251. The molecule has 0 aromatic heterocycles. The summed E-state index contributed by atoms with van der Waals surface area (Å²) in [6.45, 7) is 3.70. The maximum Gasteiger partial charge on any atom is 0.230 e. The van der Waals surface area contributed by atoms with Crippen molar-refractivity contribution in [3.63, 3.8) is 0 Å². The maximum atomic E-state index is 11.0. The highest BCUT2D eigenvalue weighted by Crippen LogP contribution is 2.37. The molecule has 1 fully saturated rings. The van der Waals surface area contributed by atoms with Crippen LogP contribution in [-0.4, -0.2) is 21.4 Å². The van der Waals surface area contributed by atoms with Gasteiger partial charge in [-0.15, -0.1) is 18.3 Å². The molecule has 2 nitrogen and oxygen atoms in total. The number of rotatable bonds is 2. The van der Waals surface area contributed by atoms with Crippen LogP contribution >= 0.6 is 11.8 Å². The van der Waals surface area contributed by atoms with Gasteiger partial charge in [-0.05, 0) is 6.42 Å². The molecule has 0 bridgehead atoms. The van der Waals surface area contributed by atoms with E-state index in [4.69, 9.17) is 0 Å². The number of amides is 1. The van der Waals surface area contributed by atoms with Gasteiger partial charge in [-0.1, -0.05) is 12.2 Å². The van der Waals surface area contributed by atoms with E-state index in [0.29, 0.717) is 17.0 Å². The van der Waals surface area contributed by atoms with E-state index in [9.17, 15) is 4.79 Å². The number of hydrogen-bond donors (Lipinski definition) is 0. The van der Waals surface area contributed by atoms with E-state index in [0.717, 1.165) is 6.42 Å². The highest BCUT2D eigenvalue weighted by atomic mass is 32.2. The molecule has 2 heterocycles. The lowest BCUT2D eigenvalue weighted by atomic mass is 10.2. The Balaban J connectivity index is 2.01. The summed E-state index contributed by atoms with van der Waals surface area (Å²) in [5.74, 6) is 0.251. The Hall–Kier alpha value is -0.700. The van der Waals surface area contributed by atoms with E-state index in [2.05, 4.69) is 12.7 Å². The summed E-state index contributed by atoms with van der Waals surface area (Å²) in [5.41, 5.74) is 0. The number of carbonyl (C=O) groups excluding carboxylic acids is 1. The van der Waals surface area contributed by atoms with Crippen LogP contribution in [0.1, 0.15) is 12.8 Å². The standard InChI is InChI=1S/C9H11NOS/c1-2-3-7-4-5-10-8(11)6-9(10)12-7/h2,4-5,7,9H,1,3,6H2/t7-,9-/m1/s1. The largest absolute Gasteiger partial charge is 0.306 e. The first-order valence-corrected chi connectivity index (χ1v) is 5.01. The highest BCUT2D eigenvalue weighted by molar-refractivity contribution is 8.00. The van der Waals surface area contributed by atoms with Crippen LogP contribution in [0.4, 0.5) is 0 Å². The molecule has 1 amide bonds. The number of fused-ring (bicyclic) bond motifs is 1. The van der Waals surface area contributed by atoms with E-state index in [1.54, 1.807) is 0 Å². The molecule has 0 saturated carbocycles. The van der Waals surface area contributed by atoms with Gasteiger partial charge in [-0.25, -0.2) is 0 Å². The molecule has 64 valence electrons. The Bertz CT molecular complexity index is 249. The van der Waals surface area contributed by atoms with Crippen molar-refractivity contribution in [1.29, 1.82) is 0 Å². The summed E-state index contributed by atoms with van der Waals surface area (Å²) >= 11 is 1.86. The lowest BCUT2D eigenvalue weighted by Crippen LogP contribution is -2.49. The molecule has 2 aliphatic heterocycles. The van der Waals surface area contributed by atoms with E-state index in [-0.39, 0.29) is 5.91 Å². The fourth-order valence-corrected chi connectivity index (χ4v) is 2.80. The molecule has 3 heteroatoms. The van der Waals surface area contributed by atoms with E-state index >= 15 is 0 Å². The van der Waals surface area contributed by atoms with Gasteiger partial charge in [0.1, 0.15) is 0 Å². The molecule has 2 rings (SSSR count). The van der Waals surface area contributed by atoms with E-state index in [1.807, 2.05) is 28.9 Å². The molecule has 0 spiro atoms. The van der Waals surface area contributed by atoms with Crippen LogP contribution in [0.25, 0.3) is 0 Å². The predicted molar refractivity (Wildman–Crippen MR) is 50.6 cm³/mol. The summed E-state index contributed by atoms with van der Waals surface area (Å²) in [7, 11) is 0. The van der Waals surface area contributed by atoms with Crippen molar-refractivity contribution in [3.05, 3.63) is 24.9 Å². The van der Waals surface area contributed by atoms with Crippen molar-refractivity contribution < 1.29 is 4.79 Å². The zero-order chi connectivity index (χ0) is 8.55. The average molecular weight is 181 g/mol. The van der Waals surface area contributed by atoms with Gasteiger partial charge in [-0.2, -0.15) is 0 Å². The molecule has 0 radical (unpaired) electrons. The summed E-state index contributed by atoms with van der Waals surface area (Å²) in [4.78, 5) is 12.8. The molecule has 0 aromatic rings. The minimum Gasteiger partial charge on any atom is -0.306 e. The Kier molecular flexibility index (Phi) is 1.97. The number of β-lactam (4-membered cyclic amide) rings is 1. The number of carbonyl (C=O) groups is 1. The van der Waals surface area contributed by atoms with Gasteiger partial charge in [0.2, 0.25) is 5.91 Å². The van der Waals surface area contributed by atoms with Crippen LogP contribution in [0.2, 0.25) is 0 Å². The molecule has 0 N–H and O–H groups in total. The van der Waals surface area contributed by atoms with Gasteiger partial charge in [-0.3, -0.25) is 4.79 Å². The van der Waals surface area contributed by atoms with Crippen LogP contribution in [0.3, 0.4) is 0 Å². The van der Waals surface area contributed by atoms with Crippen LogP contribution < -0.4 is 0 Å². The number of nitrogens with zero attached hydrogens (tertiary/aromatic N) is 1. The van der Waals surface area contributed by atoms with Gasteiger partial charge in [0.25, 0.3) is 0 Å². The third-order valence-electron chi connectivity index (χ3n) is 2.14. The van der Waals surface area contributed by atoms with Crippen molar-refractivity contribution >= 4 is 17.7 Å². The third kappa shape index (κ3) is 1.18. The molecule has 0 aliphatic carbocycles. The van der Waals surface area contributed by atoms with Gasteiger partial charge < -0.3 is 4.90 Å². The first kappa shape index (κ1) is 7.92. The second kappa shape index (κ2) is 2.98. The third-order valence-corrected chi connectivity index (χ3v) is 3.55. The zero-order valence-corrected chi connectivity index (χ0v) is 7.59. The summed E-state index contributed by atoms with van der Waals surface area (Å²) in [6, 6.07) is 0.